The molecule has 1 N–H and O–H groups in total. The Kier molecular flexibility index (Phi) is 5.90. The molecule has 1 rings (SSSR count). The van der Waals surface area contributed by atoms with Crippen LogP contribution < -0.4 is 5.32 Å². The van der Waals surface area contributed by atoms with Crippen LogP contribution in [0.5, 0.6) is 0 Å². The summed E-state index contributed by atoms with van der Waals surface area (Å²) < 4.78 is 5.77. The average molecular weight is 302 g/mol. The van der Waals surface area contributed by atoms with Crippen molar-refractivity contribution in [2.24, 2.45) is 0 Å². The number of aromatic nitrogens is 2. The lowest BCUT2D eigenvalue weighted by atomic mass is 10.3. The number of carbonyl (C=O) groups excluding carboxylic acids is 1. The Morgan fingerprint density at radius 1 is 1.53 bits per heavy atom. The van der Waals surface area contributed by atoms with Gasteiger partial charge in [0.05, 0.1) is 0 Å². The minimum absolute atomic E-state index is 0.0548. The fraction of sp³-hybridized carbons (Fsp3) is 0.545. The first-order valence-electron chi connectivity index (χ1n) is 5.53. The van der Waals surface area contributed by atoms with Crippen LogP contribution in [-0.2, 0) is 17.6 Å². The third-order valence-corrected chi connectivity index (χ3v) is 2.31. The summed E-state index contributed by atoms with van der Waals surface area (Å²) in [6.45, 7) is 6.12. The summed E-state index contributed by atoms with van der Waals surface area (Å²) in [5, 5.41) is 6.53. The smallest absolute Gasteiger partial charge is 0.227 e. The molecule has 0 unspecified atom stereocenters. The maximum atomic E-state index is 11.4. The summed E-state index contributed by atoms with van der Waals surface area (Å²) in [6.07, 6.45) is 2.59. The molecule has 0 radical (unpaired) electrons. The Labute approximate surface area is 109 Å². The molecule has 0 saturated carbocycles. The van der Waals surface area contributed by atoms with Gasteiger partial charge in [-0.25, -0.2) is 0 Å². The lowest BCUT2D eigenvalue weighted by molar-refractivity contribution is -0.120. The summed E-state index contributed by atoms with van der Waals surface area (Å²) in [5.41, 5.74) is 0. The van der Waals surface area contributed by atoms with E-state index in [0.29, 0.717) is 31.1 Å². The van der Waals surface area contributed by atoms with Crippen molar-refractivity contribution in [3.05, 3.63) is 22.8 Å². The van der Waals surface area contributed by atoms with Crippen LogP contribution in [0.15, 0.2) is 15.6 Å². The van der Waals surface area contributed by atoms with Gasteiger partial charge in [-0.15, -0.1) is 0 Å². The average Bonchev–Trinajstić information content (AvgIpc) is 2.72. The highest BCUT2D eigenvalue weighted by molar-refractivity contribution is 9.11. The molecular formula is C11H16BrN3O2. The maximum absolute atomic E-state index is 11.4. The summed E-state index contributed by atoms with van der Waals surface area (Å²) in [4.78, 5) is 15.6. The molecule has 0 bridgehead atoms. The molecule has 0 spiro atoms. The van der Waals surface area contributed by atoms with Gasteiger partial charge < -0.3 is 9.84 Å². The highest BCUT2D eigenvalue weighted by atomic mass is 79.9. The van der Waals surface area contributed by atoms with Crippen LogP contribution in [0.1, 0.15) is 31.5 Å². The number of hydrogen-bond acceptors (Lipinski definition) is 4. The van der Waals surface area contributed by atoms with Crippen molar-refractivity contribution < 1.29 is 9.32 Å². The van der Waals surface area contributed by atoms with E-state index in [-0.39, 0.29) is 5.91 Å². The molecule has 0 aliphatic heterocycles. The van der Waals surface area contributed by atoms with Crippen molar-refractivity contribution in [2.75, 3.05) is 6.54 Å². The normalized spacial score (nSPS) is 10.2. The SMILES string of the molecule is C=C(Br)CNC(=O)CCc1nc(CCC)no1. The number of rotatable bonds is 7. The summed E-state index contributed by atoms with van der Waals surface area (Å²) in [7, 11) is 0. The van der Waals surface area contributed by atoms with E-state index in [1.807, 2.05) is 0 Å². The van der Waals surface area contributed by atoms with Gasteiger partial charge >= 0.3 is 0 Å². The van der Waals surface area contributed by atoms with Gasteiger partial charge in [-0.05, 0) is 6.42 Å². The van der Waals surface area contributed by atoms with Gasteiger partial charge in [0, 0.05) is 30.3 Å². The number of amides is 1. The van der Waals surface area contributed by atoms with E-state index in [1.165, 1.54) is 0 Å². The lowest BCUT2D eigenvalue weighted by Gasteiger charge is -2.01. The molecule has 94 valence electrons. The Hall–Kier alpha value is -1.17. The van der Waals surface area contributed by atoms with E-state index in [4.69, 9.17) is 4.52 Å². The predicted molar refractivity (Wildman–Crippen MR) is 67.7 cm³/mol. The number of carbonyl (C=O) groups is 1. The molecule has 6 heteroatoms. The predicted octanol–water partition coefficient (Wildman–Crippen LogP) is 1.98. The Bertz CT molecular complexity index is 390. The zero-order chi connectivity index (χ0) is 12.7. The zero-order valence-corrected chi connectivity index (χ0v) is 11.4. The fourth-order valence-corrected chi connectivity index (χ4v) is 1.36. The Morgan fingerprint density at radius 3 is 2.94 bits per heavy atom. The molecule has 0 saturated heterocycles. The quantitative estimate of drug-likeness (QED) is 0.836. The van der Waals surface area contributed by atoms with Crippen LogP contribution >= 0.6 is 15.9 Å². The van der Waals surface area contributed by atoms with E-state index in [0.717, 1.165) is 17.3 Å². The molecule has 0 atom stereocenters. The van der Waals surface area contributed by atoms with Gasteiger partial charge in [-0.1, -0.05) is 34.6 Å². The van der Waals surface area contributed by atoms with Crippen molar-refractivity contribution in [3.63, 3.8) is 0 Å². The fourth-order valence-electron chi connectivity index (χ4n) is 1.22. The molecule has 1 heterocycles. The Morgan fingerprint density at radius 2 is 2.29 bits per heavy atom. The van der Waals surface area contributed by atoms with Gasteiger partial charge in [-0.3, -0.25) is 4.79 Å². The zero-order valence-electron chi connectivity index (χ0n) is 9.83. The van der Waals surface area contributed by atoms with Crippen LogP contribution in [0.2, 0.25) is 0 Å². The molecule has 0 aliphatic carbocycles. The summed E-state index contributed by atoms with van der Waals surface area (Å²) in [5.74, 6) is 1.17. The summed E-state index contributed by atoms with van der Waals surface area (Å²) >= 11 is 3.17. The van der Waals surface area contributed by atoms with Crippen LogP contribution in [0.3, 0.4) is 0 Å². The van der Waals surface area contributed by atoms with Crippen molar-refractivity contribution in [1.29, 1.82) is 0 Å². The van der Waals surface area contributed by atoms with Crippen molar-refractivity contribution in [1.82, 2.24) is 15.5 Å². The second kappa shape index (κ2) is 7.21. The van der Waals surface area contributed by atoms with E-state index >= 15 is 0 Å². The molecule has 1 amide bonds. The summed E-state index contributed by atoms with van der Waals surface area (Å²) in [6, 6.07) is 0. The number of hydrogen-bond donors (Lipinski definition) is 1. The molecule has 1 aromatic heterocycles. The molecule has 0 aromatic carbocycles. The second-order valence-corrected chi connectivity index (χ2v) is 4.77. The molecule has 5 nitrogen and oxygen atoms in total. The van der Waals surface area contributed by atoms with E-state index in [1.54, 1.807) is 0 Å². The molecule has 1 aromatic rings. The number of aryl methyl sites for hydroxylation is 2. The van der Waals surface area contributed by atoms with Crippen LogP contribution in [0, 0.1) is 0 Å². The minimum atomic E-state index is -0.0548. The van der Waals surface area contributed by atoms with Gasteiger partial charge in [0.25, 0.3) is 0 Å². The van der Waals surface area contributed by atoms with Gasteiger partial charge in [-0.2, -0.15) is 4.98 Å². The maximum Gasteiger partial charge on any atom is 0.227 e. The first-order chi connectivity index (χ1) is 8.11. The number of nitrogens with one attached hydrogen (secondary N) is 1. The van der Waals surface area contributed by atoms with E-state index in [2.05, 4.69) is 44.9 Å². The Balaban J connectivity index is 2.29. The largest absolute Gasteiger partial charge is 0.352 e. The highest BCUT2D eigenvalue weighted by Gasteiger charge is 2.08. The lowest BCUT2D eigenvalue weighted by Crippen LogP contribution is -2.24. The number of halogens is 1. The van der Waals surface area contributed by atoms with Crippen LogP contribution in [0.4, 0.5) is 0 Å². The van der Waals surface area contributed by atoms with Gasteiger partial charge in [0.15, 0.2) is 5.82 Å². The van der Waals surface area contributed by atoms with Gasteiger partial charge in [0.1, 0.15) is 0 Å². The minimum Gasteiger partial charge on any atom is -0.352 e. The van der Waals surface area contributed by atoms with Crippen molar-refractivity contribution >= 4 is 21.8 Å². The third kappa shape index (κ3) is 5.63. The van der Waals surface area contributed by atoms with Crippen LogP contribution in [0.25, 0.3) is 0 Å². The molecular weight excluding hydrogens is 286 g/mol. The van der Waals surface area contributed by atoms with Crippen LogP contribution in [-0.4, -0.2) is 22.6 Å². The van der Waals surface area contributed by atoms with Crippen molar-refractivity contribution in [2.45, 2.75) is 32.6 Å². The second-order valence-electron chi connectivity index (χ2n) is 3.65. The van der Waals surface area contributed by atoms with Gasteiger partial charge in [0.2, 0.25) is 11.8 Å². The number of nitrogens with zero attached hydrogens (tertiary/aromatic N) is 2. The molecule has 0 fully saturated rings. The standard InChI is InChI=1S/C11H16BrN3O2/c1-3-4-9-14-11(17-15-9)6-5-10(16)13-7-8(2)12/h2-7H2,1H3,(H,13,16). The molecule has 0 aliphatic rings. The van der Waals surface area contributed by atoms with Crippen molar-refractivity contribution in [3.8, 4) is 0 Å². The monoisotopic (exact) mass is 301 g/mol. The third-order valence-electron chi connectivity index (χ3n) is 2.03. The first-order valence-corrected chi connectivity index (χ1v) is 6.32. The molecule has 17 heavy (non-hydrogen) atoms. The van der Waals surface area contributed by atoms with E-state index in [9.17, 15) is 4.79 Å². The topological polar surface area (TPSA) is 68.0 Å². The van der Waals surface area contributed by atoms with E-state index < -0.39 is 0 Å². The highest BCUT2D eigenvalue weighted by Crippen LogP contribution is 2.03. The first kappa shape index (κ1) is 13.9.